The van der Waals surface area contributed by atoms with Gasteiger partial charge in [0.05, 0.1) is 11.6 Å². The van der Waals surface area contributed by atoms with Crippen LogP contribution in [0.2, 0.25) is 10.0 Å². The first-order valence-electron chi connectivity index (χ1n) is 10.7. The van der Waals surface area contributed by atoms with E-state index in [0.717, 1.165) is 5.56 Å². The Morgan fingerprint density at radius 1 is 0.914 bits per heavy atom. The van der Waals surface area contributed by atoms with E-state index in [1.54, 1.807) is 62.4 Å². The maximum atomic E-state index is 13.2. The number of carboxylic acids is 1. The summed E-state index contributed by atoms with van der Waals surface area (Å²) in [5.41, 5.74) is 7.90. The van der Waals surface area contributed by atoms with Gasteiger partial charge in [-0.2, -0.15) is 0 Å². The number of Topliss-reactive ketones (excluding diaryl/α,β-unsaturated/α-hetero) is 1. The van der Waals surface area contributed by atoms with E-state index in [1.807, 2.05) is 6.07 Å². The molecular weight excluding hydrogens is 489 g/mol. The van der Waals surface area contributed by atoms with Gasteiger partial charge in [0.1, 0.15) is 0 Å². The number of amides is 2. The van der Waals surface area contributed by atoms with Crippen LogP contribution in [0, 0.1) is 5.41 Å². The van der Waals surface area contributed by atoms with Gasteiger partial charge in [0.25, 0.3) is 0 Å². The molecule has 3 rings (SSSR count). The average molecular weight is 514 g/mol. The molecule has 0 spiro atoms. The number of carbonyl (C=O) groups is 3. The molecular formula is C26H25Cl2N3O4. The quantitative estimate of drug-likeness (QED) is 0.286. The standard InChI is InChI=1S/C26H25Cl2N3O4/c1-26(2,23(32)22(29)16-6-8-17(9-7-16)24(33)34)14-15-4-3-5-20(10-15)30-25(35)31-21-12-18(27)11-19(28)13-21/h3-13,22H,14,29H2,1-2H3,(H,33,34)(H2,30,31,35). The van der Waals surface area contributed by atoms with E-state index >= 15 is 0 Å². The van der Waals surface area contributed by atoms with Crippen molar-refractivity contribution in [2.45, 2.75) is 26.3 Å². The molecule has 0 saturated carbocycles. The third-order valence-electron chi connectivity index (χ3n) is 5.42. The average Bonchev–Trinajstić information content (AvgIpc) is 2.77. The molecule has 9 heteroatoms. The number of urea groups is 1. The minimum atomic E-state index is -1.05. The van der Waals surface area contributed by atoms with E-state index in [4.69, 9.17) is 34.0 Å². The van der Waals surface area contributed by atoms with Crippen LogP contribution in [-0.4, -0.2) is 22.9 Å². The van der Waals surface area contributed by atoms with Crippen LogP contribution >= 0.6 is 23.2 Å². The van der Waals surface area contributed by atoms with Gasteiger partial charge in [-0.05, 0) is 60.0 Å². The predicted molar refractivity (Wildman–Crippen MR) is 138 cm³/mol. The number of benzene rings is 3. The summed E-state index contributed by atoms with van der Waals surface area (Å²) in [6.45, 7) is 3.60. The molecule has 2 amide bonds. The van der Waals surface area contributed by atoms with Crippen molar-refractivity contribution in [3.63, 3.8) is 0 Å². The molecule has 7 nitrogen and oxygen atoms in total. The molecule has 1 unspecified atom stereocenters. The molecule has 35 heavy (non-hydrogen) atoms. The number of carbonyl (C=O) groups excluding carboxylic acids is 2. The first kappa shape index (κ1) is 26.2. The number of nitrogens with one attached hydrogen (secondary N) is 2. The van der Waals surface area contributed by atoms with E-state index in [1.165, 1.54) is 12.1 Å². The number of hydrogen-bond donors (Lipinski definition) is 4. The fraction of sp³-hybridized carbons (Fsp3) is 0.192. The maximum absolute atomic E-state index is 13.2. The Morgan fingerprint density at radius 2 is 1.51 bits per heavy atom. The molecule has 1 atom stereocenters. The van der Waals surface area contributed by atoms with Crippen LogP contribution in [0.15, 0.2) is 66.7 Å². The summed E-state index contributed by atoms with van der Waals surface area (Å²) in [4.78, 5) is 36.6. The van der Waals surface area contributed by atoms with Crippen molar-refractivity contribution in [1.29, 1.82) is 0 Å². The normalized spacial score (nSPS) is 12.0. The van der Waals surface area contributed by atoms with Crippen LogP contribution in [-0.2, 0) is 11.2 Å². The van der Waals surface area contributed by atoms with Crippen molar-refractivity contribution in [2.24, 2.45) is 11.1 Å². The minimum Gasteiger partial charge on any atom is -0.478 e. The number of anilines is 2. The van der Waals surface area contributed by atoms with Gasteiger partial charge >= 0.3 is 12.0 Å². The monoisotopic (exact) mass is 513 g/mol. The summed E-state index contributed by atoms with van der Waals surface area (Å²) in [5.74, 6) is -1.23. The van der Waals surface area contributed by atoms with Crippen molar-refractivity contribution >= 4 is 52.4 Å². The molecule has 5 N–H and O–H groups in total. The number of hydrogen-bond acceptors (Lipinski definition) is 4. The lowest BCUT2D eigenvalue weighted by Crippen LogP contribution is -2.35. The molecule has 3 aromatic carbocycles. The summed E-state index contributed by atoms with van der Waals surface area (Å²) in [7, 11) is 0. The van der Waals surface area contributed by atoms with Crippen molar-refractivity contribution < 1.29 is 19.5 Å². The summed E-state index contributed by atoms with van der Waals surface area (Å²) < 4.78 is 0. The van der Waals surface area contributed by atoms with Crippen LogP contribution in [0.3, 0.4) is 0 Å². The number of halogens is 2. The summed E-state index contributed by atoms with van der Waals surface area (Å²) in [6.07, 6.45) is 0.383. The van der Waals surface area contributed by atoms with E-state index < -0.39 is 23.5 Å². The maximum Gasteiger partial charge on any atom is 0.335 e. The molecule has 0 fully saturated rings. The van der Waals surface area contributed by atoms with Gasteiger partial charge in [0, 0.05) is 26.8 Å². The first-order valence-corrected chi connectivity index (χ1v) is 11.5. The molecule has 0 radical (unpaired) electrons. The minimum absolute atomic E-state index is 0.125. The Balaban J connectivity index is 1.67. The van der Waals surface area contributed by atoms with Crippen LogP contribution in [0.25, 0.3) is 0 Å². The van der Waals surface area contributed by atoms with E-state index in [0.29, 0.717) is 33.4 Å². The van der Waals surface area contributed by atoms with Crippen LogP contribution in [0.4, 0.5) is 16.2 Å². The van der Waals surface area contributed by atoms with Crippen molar-refractivity contribution in [3.8, 4) is 0 Å². The third-order valence-corrected chi connectivity index (χ3v) is 5.85. The molecule has 3 aromatic rings. The molecule has 0 saturated heterocycles. The van der Waals surface area contributed by atoms with Gasteiger partial charge in [0.2, 0.25) is 0 Å². The van der Waals surface area contributed by atoms with Gasteiger partial charge in [-0.15, -0.1) is 0 Å². The van der Waals surface area contributed by atoms with Gasteiger partial charge in [-0.3, -0.25) is 4.79 Å². The van der Waals surface area contributed by atoms with Crippen molar-refractivity contribution in [2.75, 3.05) is 10.6 Å². The van der Waals surface area contributed by atoms with Gasteiger partial charge in [-0.1, -0.05) is 61.3 Å². The smallest absolute Gasteiger partial charge is 0.335 e. The van der Waals surface area contributed by atoms with Gasteiger partial charge in [0.15, 0.2) is 5.78 Å². The molecule has 0 aliphatic carbocycles. The highest BCUT2D eigenvalue weighted by molar-refractivity contribution is 6.35. The number of rotatable bonds is 8. The Morgan fingerprint density at radius 3 is 2.11 bits per heavy atom. The van der Waals surface area contributed by atoms with E-state index in [-0.39, 0.29) is 11.3 Å². The topological polar surface area (TPSA) is 122 Å². The van der Waals surface area contributed by atoms with E-state index in [9.17, 15) is 14.4 Å². The van der Waals surface area contributed by atoms with Crippen LogP contribution < -0.4 is 16.4 Å². The Kier molecular flexibility index (Phi) is 8.17. The third kappa shape index (κ3) is 7.05. The van der Waals surface area contributed by atoms with Crippen molar-refractivity contribution in [3.05, 3.63) is 93.5 Å². The second kappa shape index (κ2) is 10.9. The zero-order valence-electron chi connectivity index (χ0n) is 19.1. The molecule has 0 heterocycles. The molecule has 0 aliphatic rings. The Hall–Kier alpha value is -3.39. The first-order chi connectivity index (χ1) is 16.4. The zero-order chi connectivity index (χ0) is 25.8. The van der Waals surface area contributed by atoms with E-state index in [2.05, 4.69) is 10.6 Å². The Labute approximate surface area is 213 Å². The van der Waals surface area contributed by atoms with Crippen LogP contribution in [0.1, 0.15) is 41.4 Å². The lowest BCUT2D eigenvalue weighted by Gasteiger charge is -2.27. The number of carboxylic acid groups (broad SMARTS) is 1. The lowest BCUT2D eigenvalue weighted by molar-refractivity contribution is -0.128. The number of ketones is 1. The fourth-order valence-electron chi connectivity index (χ4n) is 3.68. The lowest BCUT2D eigenvalue weighted by atomic mass is 9.77. The highest BCUT2D eigenvalue weighted by Crippen LogP contribution is 2.30. The second-order valence-corrected chi connectivity index (χ2v) is 9.64. The SMILES string of the molecule is CC(C)(Cc1cccc(NC(=O)Nc2cc(Cl)cc(Cl)c2)c1)C(=O)C(N)c1ccc(C(=O)O)cc1. The largest absolute Gasteiger partial charge is 0.478 e. The molecule has 0 bridgehead atoms. The predicted octanol–water partition coefficient (Wildman–Crippen LogP) is 6.17. The molecule has 182 valence electrons. The second-order valence-electron chi connectivity index (χ2n) is 8.77. The van der Waals surface area contributed by atoms with Crippen LogP contribution in [0.5, 0.6) is 0 Å². The van der Waals surface area contributed by atoms with Gasteiger partial charge < -0.3 is 21.5 Å². The highest BCUT2D eigenvalue weighted by Gasteiger charge is 2.33. The Bertz CT molecular complexity index is 1240. The summed E-state index contributed by atoms with van der Waals surface area (Å²) in [6, 6.07) is 16.5. The number of nitrogens with two attached hydrogens (primary N) is 1. The summed E-state index contributed by atoms with van der Waals surface area (Å²) in [5, 5.41) is 15.3. The number of aromatic carboxylic acids is 1. The highest BCUT2D eigenvalue weighted by atomic mass is 35.5. The van der Waals surface area contributed by atoms with Gasteiger partial charge in [-0.25, -0.2) is 9.59 Å². The zero-order valence-corrected chi connectivity index (χ0v) is 20.7. The molecule has 0 aliphatic heterocycles. The fourth-order valence-corrected chi connectivity index (χ4v) is 4.21. The summed E-state index contributed by atoms with van der Waals surface area (Å²) >= 11 is 11.9. The van der Waals surface area contributed by atoms with Crippen molar-refractivity contribution in [1.82, 2.24) is 0 Å². The molecule has 0 aromatic heterocycles.